The molecule has 0 fully saturated rings. The minimum atomic E-state index is 0.993. The van der Waals surface area contributed by atoms with Gasteiger partial charge in [-0.1, -0.05) is 12.1 Å². The molecule has 1 aliphatic heterocycles. The Morgan fingerprint density at radius 2 is 2.27 bits per heavy atom. The molecule has 2 nitrogen and oxygen atoms in total. The molecule has 2 aromatic rings. The Morgan fingerprint density at radius 1 is 1.40 bits per heavy atom. The van der Waals surface area contributed by atoms with E-state index in [9.17, 15) is 0 Å². The number of halogens is 1. The molecule has 0 saturated heterocycles. The molecule has 78 valence electrons. The third-order valence-corrected chi connectivity index (χ3v) is 3.88. The molecule has 1 aromatic carbocycles. The van der Waals surface area contributed by atoms with Gasteiger partial charge in [-0.15, -0.1) is 0 Å². The van der Waals surface area contributed by atoms with Crippen molar-refractivity contribution < 1.29 is 0 Å². The van der Waals surface area contributed by atoms with Gasteiger partial charge in [-0.3, -0.25) is 0 Å². The van der Waals surface area contributed by atoms with Crippen LogP contribution in [-0.2, 0) is 20.0 Å². The van der Waals surface area contributed by atoms with Gasteiger partial charge in [0.1, 0.15) is 0 Å². The van der Waals surface area contributed by atoms with Crippen LogP contribution in [-0.4, -0.2) is 11.1 Å². The lowest BCUT2D eigenvalue weighted by Crippen LogP contribution is -2.24. The Labute approximate surface area is 97.4 Å². The third kappa shape index (κ3) is 1.26. The monoisotopic (exact) mass is 264 g/mol. The number of para-hydroxylation sites is 1. The molecule has 0 spiro atoms. The minimum Gasteiger partial charge on any atom is -0.345 e. The summed E-state index contributed by atoms with van der Waals surface area (Å²) in [6, 6.07) is 6.46. The van der Waals surface area contributed by atoms with Gasteiger partial charge in [-0.25, -0.2) is 0 Å². The maximum absolute atomic E-state index is 3.63. The number of nitrogens with zero attached hydrogens (tertiary/aromatic N) is 1. The molecule has 1 N–H and O–H groups in total. The SMILES string of the molecule is Cn1c2c(c3cccc(Br)c31)CCNC2. The van der Waals surface area contributed by atoms with Crippen LogP contribution in [0.5, 0.6) is 0 Å². The van der Waals surface area contributed by atoms with Crippen molar-refractivity contribution in [1.82, 2.24) is 9.88 Å². The van der Waals surface area contributed by atoms with E-state index < -0.39 is 0 Å². The van der Waals surface area contributed by atoms with Crippen molar-refractivity contribution >= 4 is 26.8 Å². The summed E-state index contributed by atoms with van der Waals surface area (Å²) in [5.41, 5.74) is 4.28. The zero-order valence-corrected chi connectivity index (χ0v) is 10.3. The summed E-state index contributed by atoms with van der Waals surface area (Å²) >= 11 is 3.63. The lowest BCUT2D eigenvalue weighted by atomic mass is 10.1. The second kappa shape index (κ2) is 3.35. The van der Waals surface area contributed by atoms with Crippen LogP contribution < -0.4 is 5.32 Å². The van der Waals surface area contributed by atoms with Crippen LogP contribution >= 0.6 is 15.9 Å². The highest BCUT2D eigenvalue weighted by molar-refractivity contribution is 9.10. The van der Waals surface area contributed by atoms with Crippen molar-refractivity contribution in [3.05, 3.63) is 33.9 Å². The summed E-state index contributed by atoms with van der Waals surface area (Å²) in [6.45, 7) is 2.09. The first-order valence-electron chi connectivity index (χ1n) is 5.24. The molecule has 3 rings (SSSR count). The Bertz CT molecular complexity index is 528. The highest BCUT2D eigenvalue weighted by atomic mass is 79.9. The van der Waals surface area contributed by atoms with Crippen molar-refractivity contribution in [2.45, 2.75) is 13.0 Å². The highest BCUT2D eigenvalue weighted by Crippen LogP contribution is 2.32. The molecule has 3 heteroatoms. The van der Waals surface area contributed by atoms with Crippen molar-refractivity contribution in [3.8, 4) is 0 Å². The minimum absolute atomic E-state index is 0.993. The van der Waals surface area contributed by atoms with E-state index >= 15 is 0 Å². The number of benzene rings is 1. The van der Waals surface area contributed by atoms with Crippen LogP contribution in [0.1, 0.15) is 11.3 Å². The Morgan fingerprint density at radius 3 is 3.13 bits per heavy atom. The van der Waals surface area contributed by atoms with Gasteiger partial charge in [0.2, 0.25) is 0 Å². The van der Waals surface area contributed by atoms with Crippen LogP contribution in [0, 0.1) is 0 Å². The first kappa shape index (κ1) is 9.43. The van der Waals surface area contributed by atoms with Crippen LogP contribution in [0.15, 0.2) is 22.7 Å². The standard InChI is InChI=1S/C12H13BrN2/c1-15-11-7-14-6-5-8(11)9-3-2-4-10(13)12(9)15/h2-4,14H,5-7H2,1H3. The van der Waals surface area contributed by atoms with Gasteiger partial charge in [0.25, 0.3) is 0 Å². The summed E-state index contributed by atoms with van der Waals surface area (Å²) in [6.07, 6.45) is 1.14. The molecule has 0 bridgehead atoms. The van der Waals surface area contributed by atoms with Crippen LogP contribution in [0.25, 0.3) is 10.9 Å². The summed E-state index contributed by atoms with van der Waals surface area (Å²) in [4.78, 5) is 0. The topological polar surface area (TPSA) is 17.0 Å². The average molecular weight is 265 g/mol. The molecular formula is C12H13BrN2. The van der Waals surface area contributed by atoms with E-state index in [1.165, 1.54) is 26.6 Å². The van der Waals surface area contributed by atoms with Crippen LogP contribution in [0.3, 0.4) is 0 Å². The number of fused-ring (bicyclic) bond motifs is 3. The maximum atomic E-state index is 3.63. The van der Waals surface area contributed by atoms with Crippen LogP contribution in [0.2, 0.25) is 0 Å². The maximum Gasteiger partial charge on any atom is 0.0627 e. The van der Waals surface area contributed by atoms with E-state index in [4.69, 9.17) is 0 Å². The largest absolute Gasteiger partial charge is 0.345 e. The van der Waals surface area contributed by atoms with Gasteiger partial charge >= 0.3 is 0 Å². The predicted molar refractivity (Wildman–Crippen MR) is 66.0 cm³/mol. The van der Waals surface area contributed by atoms with Gasteiger partial charge in [-0.2, -0.15) is 0 Å². The quantitative estimate of drug-likeness (QED) is 0.774. The van der Waals surface area contributed by atoms with E-state index in [0.29, 0.717) is 0 Å². The molecule has 0 atom stereocenters. The third-order valence-electron chi connectivity index (χ3n) is 3.24. The summed E-state index contributed by atoms with van der Waals surface area (Å²) < 4.78 is 3.50. The van der Waals surface area contributed by atoms with Crippen LogP contribution in [0.4, 0.5) is 0 Å². The molecule has 0 saturated carbocycles. The van der Waals surface area contributed by atoms with E-state index in [0.717, 1.165) is 19.5 Å². The molecule has 0 aliphatic carbocycles. The molecule has 0 radical (unpaired) electrons. The van der Waals surface area contributed by atoms with Gasteiger partial charge in [0.15, 0.2) is 0 Å². The molecule has 1 aromatic heterocycles. The fourth-order valence-corrected chi connectivity index (χ4v) is 3.15. The van der Waals surface area contributed by atoms with Gasteiger partial charge < -0.3 is 9.88 Å². The molecule has 2 heterocycles. The fourth-order valence-electron chi connectivity index (χ4n) is 2.52. The molecular weight excluding hydrogens is 252 g/mol. The average Bonchev–Trinajstić information content (AvgIpc) is 2.55. The number of aryl methyl sites for hydroxylation is 1. The van der Waals surface area contributed by atoms with Gasteiger partial charge in [-0.05, 0) is 40.5 Å². The van der Waals surface area contributed by atoms with E-state index in [2.05, 4.69) is 51.1 Å². The van der Waals surface area contributed by atoms with Crippen molar-refractivity contribution in [3.63, 3.8) is 0 Å². The Balaban J connectivity index is 2.44. The number of hydrogen-bond donors (Lipinski definition) is 1. The second-order valence-corrected chi connectivity index (χ2v) is 4.90. The molecule has 0 unspecified atom stereocenters. The number of rotatable bonds is 0. The highest BCUT2D eigenvalue weighted by Gasteiger charge is 2.18. The van der Waals surface area contributed by atoms with Crippen molar-refractivity contribution in [1.29, 1.82) is 0 Å². The Kier molecular flexibility index (Phi) is 2.11. The number of nitrogens with one attached hydrogen (secondary N) is 1. The van der Waals surface area contributed by atoms with Gasteiger partial charge in [0, 0.05) is 29.1 Å². The van der Waals surface area contributed by atoms with E-state index in [1.54, 1.807) is 0 Å². The zero-order valence-electron chi connectivity index (χ0n) is 8.68. The second-order valence-electron chi connectivity index (χ2n) is 4.05. The summed E-state index contributed by atoms with van der Waals surface area (Å²) in [7, 11) is 2.15. The molecule has 1 aliphatic rings. The first-order chi connectivity index (χ1) is 7.29. The Hall–Kier alpha value is -0.800. The van der Waals surface area contributed by atoms with Gasteiger partial charge in [0.05, 0.1) is 5.52 Å². The lowest BCUT2D eigenvalue weighted by Gasteiger charge is -2.14. The fraction of sp³-hybridized carbons (Fsp3) is 0.333. The molecule has 15 heavy (non-hydrogen) atoms. The predicted octanol–water partition coefficient (Wildman–Crippen LogP) is 2.59. The zero-order chi connectivity index (χ0) is 10.4. The lowest BCUT2D eigenvalue weighted by molar-refractivity contribution is 0.614. The van der Waals surface area contributed by atoms with E-state index in [-0.39, 0.29) is 0 Å². The summed E-state index contributed by atoms with van der Waals surface area (Å²) in [5, 5.41) is 4.83. The smallest absolute Gasteiger partial charge is 0.0627 e. The van der Waals surface area contributed by atoms with Crippen molar-refractivity contribution in [2.75, 3.05) is 6.54 Å². The normalized spacial score (nSPS) is 15.6. The molecule has 0 amide bonds. The number of aromatic nitrogens is 1. The first-order valence-corrected chi connectivity index (χ1v) is 6.03. The van der Waals surface area contributed by atoms with E-state index in [1.807, 2.05) is 0 Å². The summed E-state index contributed by atoms with van der Waals surface area (Å²) in [5.74, 6) is 0. The van der Waals surface area contributed by atoms with Crippen molar-refractivity contribution in [2.24, 2.45) is 7.05 Å². The number of hydrogen-bond acceptors (Lipinski definition) is 1.